The van der Waals surface area contributed by atoms with Crippen LogP contribution in [0.1, 0.15) is 19.5 Å². The van der Waals surface area contributed by atoms with E-state index in [2.05, 4.69) is 52.0 Å². The van der Waals surface area contributed by atoms with Gasteiger partial charge in [-0.1, -0.05) is 32.0 Å². The average molecular weight is 280 g/mol. The smallest absolute Gasteiger partial charge is 0.207 e. The topological polar surface area (TPSA) is 42.7 Å². The van der Waals surface area contributed by atoms with E-state index in [-0.39, 0.29) is 0 Å². The van der Waals surface area contributed by atoms with Crippen LogP contribution in [-0.2, 0) is 6.54 Å². The lowest BCUT2D eigenvalue weighted by Gasteiger charge is -2.11. The normalized spacial score (nSPS) is 11.2. The van der Waals surface area contributed by atoms with Gasteiger partial charge in [0.1, 0.15) is 0 Å². The van der Waals surface area contributed by atoms with E-state index < -0.39 is 0 Å². The maximum absolute atomic E-state index is 4.56. The molecule has 2 heterocycles. The Hall–Kier alpha value is -2.36. The molecule has 0 amide bonds. The van der Waals surface area contributed by atoms with Crippen molar-refractivity contribution < 1.29 is 0 Å². The molecule has 0 saturated carbocycles. The summed E-state index contributed by atoms with van der Waals surface area (Å²) in [7, 11) is 0. The Kier molecular flexibility index (Phi) is 3.60. The third-order valence-electron chi connectivity index (χ3n) is 3.31. The average Bonchev–Trinajstić information content (AvgIpc) is 2.77. The number of para-hydroxylation sites is 1. The fraction of sp³-hybridized carbons (Fsp3) is 0.294. The highest BCUT2D eigenvalue weighted by atomic mass is 15.2. The maximum atomic E-state index is 4.56. The number of hydrogen-bond acceptors (Lipinski definition) is 3. The Balaban J connectivity index is 1.91. The van der Waals surface area contributed by atoms with Gasteiger partial charge in [-0.25, -0.2) is 4.98 Å². The molecule has 0 fully saturated rings. The Morgan fingerprint density at radius 2 is 2.05 bits per heavy atom. The van der Waals surface area contributed by atoms with Crippen LogP contribution in [-0.4, -0.2) is 14.5 Å². The molecule has 0 bridgehead atoms. The van der Waals surface area contributed by atoms with Crippen LogP contribution in [0.15, 0.2) is 42.7 Å². The first kappa shape index (κ1) is 13.6. The van der Waals surface area contributed by atoms with Gasteiger partial charge in [0.15, 0.2) is 0 Å². The van der Waals surface area contributed by atoms with Gasteiger partial charge in [0.2, 0.25) is 5.95 Å². The summed E-state index contributed by atoms with van der Waals surface area (Å²) >= 11 is 0. The number of nitrogens with one attached hydrogen (secondary N) is 1. The van der Waals surface area contributed by atoms with Crippen molar-refractivity contribution in [2.24, 2.45) is 5.92 Å². The van der Waals surface area contributed by atoms with Gasteiger partial charge in [0.05, 0.1) is 23.1 Å². The quantitative estimate of drug-likeness (QED) is 0.781. The molecule has 2 aromatic heterocycles. The molecule has 108 valence electrons. The van der Waals surface area contributed by atoms with E-state index in [9.17, 15) is 0 Å². The van der Waals surface area contributed by atoms with Gasteiger partial charge in [-0.05, 0) is 25.0 Å². The van der Waals surface area contributed by atoms with E-state index in [1.807, 2.05) is 31.3 Å². The number of imidazole rings is 1. The molecule has 21 heavy (non-hydrogen) atoms. The summed E-state index contributed by atoms with van der Waals surface area (Å²) < 4.78 is 2.16. The van der Waals surface area contributed by atoms with Crippen molar-refractivity contribution in [1.82, 2.24) is 14.5 Å². The van der Waals surface area contributed by atoms with Gasteiger partial charge in [-0.3, -0.25) is 4.98 Å². The van der Waals surface area contributed by atoms with Crippen LogP contribution in [0.25, 0.3) is 10.9 Å². The molecule has 3 rings (SSSR count). The number of nitrogens with zero attached hydrogens (tertiary/aromatic N) is 3. The number of benzene rings is 1. The van der Waals surface area contributed by atoms with Crippen molar-refractivity contribution in [2.75, 3.05) is 5.32 Å². The lowest BCUT2D eigenvalue weighted by atomic mass is 10.2. The predicted octanol–water partition coefficient (Wildman–Crippen LogP) is 4.14. The molecule has 0 radical (unpaired) electrons. The monoisotopic (exact) mass is 280 g/mol. The van der Waals surface area contributed by atoms with Crippen molar-refractivity contribution in [2.45, 2.75) is 27.3 Å². The van der Waals surface area contributed by atoms with E-state index in [0.717, 1.165) is 34.8 Å². The highest BCUT2D eigenvalue weighted by Crippen LogP contribution is 2.20. The molecule has 0 aliphatic heterocycles. The van der Waals surface area contributed by atoms with E-state index >= 15 is 0 Å². The van der Waals surface area contributed by atoms with Crippen molar-refractivity contribution in [3.8, 4) is 0 Å². The number of hydrogen-bond donors (Lipinski definition) is 1. The van der Waals surface area contributed by atoms with E-state index in [1.165, 1.54) is 0 Å². The summed E-state index contributed by atoms with van der Waals surface area (Å²) in [5.41, 5.74) is 2.99. The van der Waals surface area contributed by atoms with Gasteiger partial charge < -0.3 is 9.88 Å². The van der Waals surface area contributed by atoms with E-state index in [1.54, 1.807) is 0 Å². The van der Waals surface area contributed by atoms with Crippen LogP contribution in [0.4, 0.5) is 11.6 Å². The van der Waals surface area contributed by atoms with Crippen LogP contribution >= 0.6 is 0 Å². The summed E-state index contributed by atoms with van der Waals surface area (Å²) in [6, 6.07) is 10.2. The van der Waals surface area contributed by atoms with E-state index in [4.69, 9.17) is 0 Å². The first-order chi connectivity index (χ1) is 10.1. The third kappa shape index (κ3) is 3.05. The number of fused-ring (bicyclic) bond motifs is 1. The molecule has 3 aromatic rings. The van der Waals surface area contributed by atoms with Crippen LogP contribution in [0.2, 0.25) is 0 Å². The second kappa shape index (κ2) is 5.56. The summed E-state index contributed by atoms with van der Waals surface area (Å²) in [6.45, 7) is 7.37. The van der Waals surface area contributed by atoms with Crippen LogP contribution in [0, 0.1) is 12.8 Å². The highest BCUT2D eigenvalue weighted by Gasteiger charge is 2.08. The zero-order valence-electron chi connectivity index (χ0n) is 12.7. The number of aromatic nitrogens is 3. The molecule has 4 nitrogen and oxygen atoms in total. The molecule has 0 aliphatic rings. The minimum absolute atomic E-state index is 0.578. The number of pyridine rings is 1. The molecule has 0 atom stereocenters. The summed E-state index contributed by atoms with van der Waals surface area (Å²) in [6.07, 6.45) is 3.93. The van der Waals surface area contributed by atoms with Crippen molar-refractivity contribution in [1.29, 1.82) is 0 Å². The second-order valence-corrected chi connectivity index (χ2v) is 5.79. The van der Waals surface area contributed by atoms with Crippen LogP contribution < -0.4 is 5.32 Å². The SMILES string of the molecule is Cc1cn(CC(C)C)c(Nc2cnc3ccccc3c2)n1. The Labute approximate surface area is 124 Å². The highest BCUT2D eigenvalue weighted by molar-refractivity contribution is 5.82. The molecule has 1 N–H and O–H groups in total. The molecule has 1 aromatic carbocycles. The molecular formula is C17H20N4. The molecule has 0 spiro atoms. The largest absolute Gasteiger partial charge is 0.324 e. The molecule has 4 heteroatoms. The zero-order valence-corrected chi connectivity index (χ0v) is 12.7. The van der Waals surface area contributed by atoms with Gasteiger partial charge in [-0.2, -0.15) is 0 Å². The number of anilines is 2. The summed E-state index contributed by atoms with van der Waals surface area (Å²) in [4.78, 5) is 9.04. The lowest BCUT2D eigenvalue weighted by Crippen LogP contribution is -2.07. The Morgan fingerprint density at radius 1 is 1.24 bits per heavy atom. The Morgan fingerprint density at radius 3 is 2.86 bits per heavy atom. The van der Waals surface area contributed by atoms with Gasteiger partial charge in [0.25, 0.3) is 0 Å². The lowest BCUT2D eigenvalue weighted by molar-refractivity contribution is 0.527. The maximum Gasteiger partial charge on any atom is 0.207 e. The van der Waals surface area contributed by atoms with Crippen LogP contribution in [0.3, 0.4) is 0 Å². The van der Waals surface area contributed by atoms with Crippen molar-refractivity contribution >= 4 is 22.5 Å². The number of aryl methyl sites for hydroxylation is 1. The third-order valence-corrected chi connectivity index (χ3v) is 3.31. The molecule has 0 saturated heterocycles. The standard InChI is InChI=1S/C17H20N4/c1-12(2)10-21-11-13(3)19-17(21)20-15-8-14-6-4-5-7-16(14)18-9-15/h4-9,11-12H,10H2,1-3H3,(H,19,20). The predicted molar refractivity (Wildman–Crippen MR) is 86.8 cm³/mol. The zero-order chi connectivity index (χ0) is 14.8. The van der Waals surface area contributed by atoms with Crippen molar-refractivity contribution in [3.63, 3.8) is 0 Å². The van der Waals surface area contributed by atoms with Crippen molar-refractivity contribution in [3.05, 3.63) is 48.4 Å². The molecule has 0 aliphatic carbocycles. The van der Waals surface area contributed by atoms with Gasteiger partial charge in [-0.15, -0.1) is 0 Å². The minimum Gasteiger partial charge on any atom is -0.324 e. The van der Waals surface area contributed by atoms with Crippen LogP contribution in [0.5, 0.6) is 0 Å². The van der Waals surface area contributed by atoms with Gasteiger partial charge >= 0.3 is 0 Å². The molecule has 0 unspecified atom stereocenters. The van der Waals surface area contributed by atoms with Gasteiger partial charge in [0, 0.05) is 18.1 Å². The first-order valence-electron chi connectivity index (χ1n) is 7.27. The molecular weight excluding hydrogens is 260 g/mol. The summed E-state index contributed by atoms with van der Waals surface area (Å²) in [5, 5.41) is 4.51. The minimum atomic E-state index is 0.578. The fourth-order valence-electron chi connectivity index (χ4n) is 2.45. The second-order valence-electron chi connectivity index (χ2n) is 5.79. The first-order valence-corrected chi connectivity index (χ1v) is 7.27. The fourth-order valence-corrected chi connectivity index (χ4v) is 2.45. The van der Waals surface area contributed by atoms with E-state index in [0.29, 0.717) is 5.92 Å². The Bertz CT molecular complexity index is 758. The summed E-state index contributed by atoms with van der Waals surface area (Å²) in [5.74, 6) is 1.45. The number of rotatable bonds is 4.